The highest BCUT2D eigenvalue weighted by Gasteiger charge is 2.52. The van der Waals surface area contributed by atoms with Crippen LogP contribution in [0, 0.1) is 11.3 Å². The molecule has 3 unspecified atom stereocenters. The zero-order valence-electron chi connectivity index (χ0n) is 27.2. The van der Waals surface area contributed by atoms with E-state index in [-0.39, 0.29) is 16.9 Å². The summed E-state index contributed by atoms with van der Waals surface area (Å²) in [6, 6.07) is 17.6. The van der Waals surface area contributed by atoms with Gasteiger partial charge in [-0.1, -0.05) is 98.2 Å². The summed E-state index contributed by atoms with van der Waals surface area (Å²) in [5.74, 6) is 2.50. The van der Waals surface area contributed by atoms with Crippen LogP contribution in [-0.4, -0.2) is 17.5 Å². The highest BCUT2D eigenvalue weighted by atomic mass is 16.3. The first-order chi connectivity index (χ1) is 19.9. The van der Waals surface area contributed by atoms with Crippen LogP contribution in [-0.2, 0) is 18.4 Å². The zero-order valence-corrected chi connectivity index (χ0v) is 27.2. The Bertz CT molecular complexity index is 1360. The molecule has 4 heteroatoms. The van der Waals surface area contributed by atoms with Crippen molar-refractivity contribution in [3.63, 3.8) is 0 Å². The average Bonchev–Trinajstić information content (AvgIpc) is 3.45. The number of nitrogens with zero attached hydrogens (tertiary/aromatic N) is 1. The number of amides is 2. The first kappa shape index (κ1) is 30.4. The lowest BCUT2D eigenvalue weighted by Crippen LogP contribution is -2.54. The molecule has 2 amide bonds. The maximum absolute atomic E-state index is 14.3. The number of hydrogen-bond donors (Lipinski definition) is 1. The fourth-order valence-electron chi connectivity index (χ4n) is 8.30. The van der Waals surface area contributed by atoms with Crippen molar-refractivity contribution in [3.8, 4) is 0 Å². The molecule has 0 spiro atoms. The van der Waals surface area contributed by atoms with Gasteiger partial charge in [-0.15, -0.1) is 0 Å². The number of carbonyl (C=O) groups excluding carboxylic acids is 1. The number of benzene rings is 2. The van der Waals surface area contributed by atoms with Gasteiger partial charge in [0.25, 0.3) is 0 Å². The van der Waals surface area contributed by atoms with Crippen molar-refractivity contribution in [2.45, 2.75) is 117 Å². The molecular formula is C38H52N2O2. The Morgan fingerprint density at radius 2 is 1.67 bits per heavy atom. The highest BCUT2D eigenvalue weighted by molar-refractivity contribution is 5.91. The monoisotopic (exact) mass is 568 g/mol. The number of rotatable bonds is 8. The van der Waals surface area contributed by atoms with Crippen LogP contribution in [0.5, 0.6) is 0 Å². The van der Waals surface area contributed by atoms with Crippen LogP contribution in [0.15, 0.2) is 59.2 Å². The molecule has 3 aromatic rings. The minimum absolute atomic E-state index is 0.00376. The standard InChI is InChI=1S/C38H52N2O2/c1-25(2)28-15-17-33-29(22-28)16-18-34-37(7,19-11-20-38(33,34)8)24-40(23-30-12-10-21-42-30)36(41)39-35-31(26(3)4)13-9-14-32(35)27(5)6/h9-10,12-15,17,21-22,25-27,34H,11,16,18-20,23-24H2,1-8H3,(H,39,41). The van der Waals surface area contributed by atoms with Crippen molar-refractivity contribution in [1.29, 1.82) is 0 Å². The molecule has 2 aromatic carbocycles. The van der Waals surface area contributed by atoms with E-state index in [1.165, 1.54) is 36.0 Å². The van der Waals surface area contributed by atoms with Gasteiger partial charge >= 0.3 is 6.03 Å². The Labute approximate surface area is 254 Å². The Kier molecular flexibility index (Phi) is 8.65. The number of carbonyl (C=O) groups is 1. The van der Waals surface area contributed by atoms with E-state index in [4.69, 9.17) is 4.42 Å². The second-order valence-electron chi connectivity index (χ2n) is 14.6. The number of nitrogens with one attached hydrogen (secondary N) is 1. The summed E-state index contributed by atoms with van der Waals surface area (Å²) in [7, 11) is 0. The minimum atomic E-state index is -0.0345. The molecule has 0 saturated heterocycles. The fourth-order valence-corrected chi connectivity index (χ4v) is 8.30. The lowest BCUT2D eigenvalue weighted by molar-refractivity contribution is 0.00379. The molecule has 2 aliphatic rings. The lowest BCUT2D eigenvalue weighted by atomic mass is 9.49. The van der Waals surface area contributed by atoms with Gasteiger partial charge in [0.15, 0.2) is 0 Å². The number of aryl methyl sites for hydroxylation is 1. The molecule has 1 aromatic heterocycles. The molecule has 0 radical (unpaired) electrons. The predicted molar refractivity (Wildman–Crippen MR) is 174 cm³/mol. The molecule has 226 valence electrons. The SMILES string of the molecule is CC(C)c1ccc2c(c1)CCC1C(C)(CN(Cc3ccco3)C(=O)Nc3c(C(C)C)cccc3C(C)C)CCCC21C. The van der Waals surface area contributed by atoms with Gasteiger partial charge in [0, 0.05) is 12.2 Å². The second kappa shape index (κ2) is 11.9. The van der Waals surface area contributed by atoms with Crippen molar-refractivity contribution in [3.05, 3.63) is 88.4 Å². The molecule has 2 aliphatic carbocycles. The molecule has 42 heavy (non-hydrogen) atoms. The summed E-state index contributed by atoms with van der Waals surface area (Å²) in [5, 5.41) is 3.42. The number of para-hydroxylation sites is 1. The first-order valence-electron chi connectivity index (χ1n) is 16.3. The second-order valence-corrected chi connectivity index (χ2v) is 14.6. The van der Waals surface area contributed by atoms with E-state index in [1.54, 1.807) is 17.4 Å². The molecule has 1 saturated carbocycles. The largest absolute Gasteiger partial charge is 0.467 e. The van der Waals surface area contributed by atoms with Gasteiger partial charge in [0.2, 0.25) is 0 Å². The van der Waals surface area contributed by atoms with Crippen LogP contribution in [0.3, 0.4) is 0 Å². The van der Waals surface area contributed by atoms with E-state index in [1.807, 2.05) is 17.0 Å². The van der Waals surface area contributed by atoms with Gasteiger partial charge in [-0.05, 0) is 100 Å². The summed E-state index contributed by atoms with van der Waals surface area (Å²) in [4.78, 5) is 16.3. The van der Waals surface area contributed by atoms with E-state index in [0.29, 0.717) is 36.8 Å². The third-order valence-corrected chi connectivity index (χ3v) is 10.5. The number of fused-ring (bicyclic) bond motifs is 3. The van der Waals surface area contributed by atoms with Crippen LogP contribution in [0.2, 0.25) is 0 Å². The van der Waals surface area contributed by atoms with Crippen LogP contribution >= 0.6 is 0 Å². The van der Waals surface area contributed by atoms with Crippen LogP contribution in [0.1, 0.15) is 132 Å². The summed E-state index contributed by atoms with van der Waals surface area (Å²) < 4.78 is 5.79. The van der Waals surface area contributed by atoms with Gasteiger partial charge in [-0.25, -0.2) is 4.79 Å². The lowest BCUT2D eigenvalue weighted by Gasteiger charge is -2.56. The quantitative estimate of drug-likeness (QED) is 0.294. The third-order valence-electron chi connectivity index (χ3n) is 10.5. The fraction of sp³-hybridized carbons (Fsp3) is 0.553. The number of anilines is 1. The maximum Gasteiger partial charge on any atom is 0.322 e. The molecule has 1 fully saturated rings. The zero-order chi connectivity index (χ0) is 30.2. The Hall–Kier alpha value is -3.01. The van der Waals surface area contributed by atoms with E-state index in [0.717, 1.165) is 24.3 Å². The number of hydrogen-bond acceptors (Lipinski definition) is 2. The minimum Gasteiger partial charge on any atom is -0.467 e. The van der Waals surface area contributed by atoms with Gasteiger partial charge in [0.1, 0.15) is 5.76 Å². The predicted octanol–water partition coefficient (Wildman–Crippen LogP) is 10.4. The van der Waals surface area contributed by atoms with Crippen molar-refractivity contribution >= 4 is 11.7 Å². The van der Waals surface area contributed by atoms with E-state index in [2.05, 4.69) is 97.1 Å². The Balaban J connectivity index is 1.47. The van der Waals surface area contributed by atoms with Crippen LogP contribution < -0.4 is 5.32 Å². The average molecular weight is 569 g/mol. The topological polar surface area (TPSA) is 45.5 Å². The summed E-state index contributed by atoms with van der Waals surface area (Å²) in [5.41, 5.74) is 8.01. The maximum atomic E-state index is 14.3. The van der Waals surface area contributed by atoms with E-state index in [9.17, 15) is 4.79 Å². The normalized spacial score (nSPS) is 23.6. The number of urea groups is 1. The smallest absolute Gasteiger partial charge is 0.322 e. The van der Waals surface area contributed by atoms with Gasteiger partial charge in [0.05, 0.1) is 12.8 Å². The van der Waals surface area contributed by atoms with Crippen molar-refractivity contribution in [2.24, 2.45) is 11.3 Å². The summed E-state index contributed by atoms with van der Waals surface area (Å²) in [6.07, 6.45) is 7.53. The number of furan rings is 1. The molecular weight excluding hydrogens is 516 g/mol. The van der Waals surface area contributed by atoms with Gasteiger partial charge < -0.3 is 14.6 Å². The Morgan fingerprint density at radius 1 is 0.952 bits per heavy atom. The van der Waals surface area contributed by atoms with Crippen LogP contribution in [0.4, 0.5) is 10.5 Å². The van der Waals surface area contributed by atoms with E-state index < -0.39 is 0 Å². The van der Waals surface area contributed by atoms with E-state index >= 15 is 0 Å². The first-order valence-corrected chi connectivity index (χ1v) is 16.3. The molecule has 0 bridgehead atoms. The summed E-state index contributed by atoms with van der Waals surface area (Å²) in [6.45, 7) is 19.5. The van der Waals surface area contributed by atoms with Crippen molar-refractivity contribution < 1.29 is 9.21 Å². The van der Waals surface area contributed by atoms with Gasteiger partial charge in [-0.2, -0.15) is 0 Å². The molecule has 0 aliphatic heterocycles. The highest BCUT2D eigenvalue weighted by Crippen LogP contribution is 2.57. The molecule has 5 rings (SSSR count). The van der Waals surface area contributed by atoms with Crippen LogP contribution in [0.25, 0.3) is 0 Å². The molecule has 1 N–H and O–H groups in total. The summed E-state index contributed by atoms with van der Waals surface area (Å²) >= 11 is 0. The molecule has 1 heterocycles. The Morgan fingerprint density at radius 3 is 2.29 bits per heavy atom. The van der Waals surface area contributed by atoms with Crippen molar-refractivity contribution in [1.82, 2.24) is 4.90 Å². The van der Waals surface area contributed by atoms with Gasteiger partial charge in [-0.3, -0.25) is 0 Å². The third kappa shape index (κ3) is 5.79. The van der Waals surface area contributed by atoms with Crippen molar-refractivity contribution in [2.75, 3.05) is 11.9 Å². The molecule has 4 nitrogen and oxygen atoms in total. The molecule has 3 atom stereocenters.